The molecule has 25 heavy (non-hydrogen) atoms. The van der Waals surface area contributed by atoms with Crippen LogP contribution < -0.4 is 10.1 Å². The second-order valence-electron chi connectivity index (χ2n) is 6.46. The predicted molar refractivity (Wildman–Crippen MR) is 103 cm³/mol. The number of nitrogens with one attached hydrogen (secondary N) is 1. The lowest BCUT2D eigenvalue weighted by Gasteiger charge is -2.21. The van der Waals surface area contributed by atoms with Crippen molar-refractivity contribution in [2.24, 2.45) is 10.9 Å². The lowest BCUT2D eigenvalue weighted by Crippen LogP contribution is -2.40. The van der Waals surface area contributed by atoms with E-state index in [4.69, 9.17) is 14.5 Å². The highest BCUT2D eigenvalue weighted by molar-refractivity contribution is 5.80. The summed E-state index contributed by atoms with van der Waals surface area (Å²) in [6.07, 6.45) is 2.10. The molecule has 0 saturated carbocycles. The van der Waals surface area contributed by atoms with Crippen molar-refractivity contribution in [2.75, 3.05) is 46.0 Å². The SMILES string of the molecule is CCNC(=NCCCOc1ccccc1C)N1CCC(COCC)C1. The van der Waals surface area contributed by atoms with Crippen molar-refractivity contribution >= 4 is 5.96 Å². The van der Waals surface area contributed by atoms with E-state index in [9.17, 15) is 0 Å². The zero-order chi connectivity index (χ0) is 17.9. The van der Waals surface area contributed by atoms with Crippen LogP contribution >= 0.6 is 0 Å². The van der Waals surface area contributed by atoms with Crippen LogP contribution in [0, 0.1) is 12.8 Å². The quantitative estimate of drug-likeness (QED) is 0.424. The van der Waals surface area contributed by atoms with E-state index < -0.39 is 0 Å². The van der Waals surface area contributed by atoms with E-state index >= 15 is 0 Å². The van der Waals surface area contributed by atoms with Crippen LogP contribution in [0.2, 0.25) is 0 Å². The normalized spacial score (nSPS) is 17.8. The van der Waals surface area contributed by atoms with Gasteiger partial charge in [0.2, 0.25) is 0 Å². The Hall–Kier alpha value is -1.75. The number of hydrogen-bond donors (Lipinski definition) is 1. The number of rotatable bonds is 9. The van der Waals surface area contributed by atoms with Gasteiger partial charge in [0, 0.05) is 45.1 Å². The fourth-order valence-electron chi connectivity index (χ4n) is 3.02. The number of guanidine groups is 1. The summed E-state index contributed by atoms with van der Waals surface area (Å²) in [4.78, 5) is 7.13. The molecule has 0 aromatic heterocycles. The number of hydrogen-bond acceptors (Lipinski definition) is 3. The minimum atomic E-state index is 0.619. The van der Waals surface area contributed by atoms with Gasteiger partial charge in [-0.3, -0.25) is 4.99 Å². The molecule has 0 bridgehead atoms. The van der Waals surface area contributed by atoms with Gasteiger partial charge in [-0.1, -0.05) is 18.2 Å². The summed E-state index contributed by atoms with van der Waals surface area (Å²) in [7, 11) is 0. The Morgan fingerprint density at radius 1 is 1.32 bits per heavy atom. The lowest BCUT2D eigenvalue weighted by atomic mass is 10.1. The van der Waals surface area contributed by atoms with Gasteiger partial charge in [0.1, 0.15) is 5.75 Å². The Kier molecular flexibility index (Phi) is 8.60. The molecule has 2 rings (SSSR count). The molecule has 1 saturated heterocycles. The van der Waals surface area contributed by atoms with E-state index in [1.807, 2.05) is 18.2 Å². The van der Waals surface area contributed by atoms with Gasteiger partial charge in [0.25, 0.3) is 0 Å². The van der Waals surface area contributed by atoms with E-state index in [1.165, 1.54) is 12.0 Å². The number of nitrogens with zero attached hydrogens (tertiary/aromatic N) is 2. The van der Waals surface area contributed by atoms with Gasteiger partial charge in [-0.25, -0.2) is 0 Å². The molecular formula is C20H33N3O2. The molecule has 1 aliphatic rings. The highest BCUT2D eigenvalue weighted by Crippen LogP contribution is 2.17. The first-order valence-corrected chi connectivity index (χ1v) is 9.54. The summed E-state index contributed by atoms with van der Waals surface area (Å²) in [5, 5.41) is 3.41. The number of para-hydroxylation sites is 1. The zero-order valence-corrected chi connectivity index (χ0v) is 16.0. The Labute approximate surface area is 152 Å². The van der Waals surface area contributed by atoms with Gasteiger partial charge >= 0.3 is 0 Å². The number of benzene rings is 1. The maximum atomic E-state index is 5.85. The molecule has 1 heterocycles. The Balaban J connectivity index is 1.75. The van der Waals surface area contributed by atoms with Crippen LogP contribution in [-0.4, -0.2) is 56.9 Å². The molecule has 1 N–H and O–H groups in total. The molecule has 5 heteroatoms. The van der Waals surface area contributed by atoms with Crippen molar-refractivity contribution in [1.82, 2.24) is 10.2 Å². The molecule has 1 unspecified atom stereocenters. The number of aryl methyl sites for hydroxylation is 1. The predicted octanol–water partition coefficient (Wildman–Crippen LogP) is 3.09. The van der Waals surface area contributed by atoms with Gasteiger partial charge in [0.15, 0.2) is 5.96 Å². The lowest BCUT2D eigenvalue weighted by molar-refractivity contribution is 0.114. The van der Waals surface area contributed by atoms with Crippen LogP contribution in [0.5, 0.6) is 5.75 Å². The molecule has 1 atom stereocenters. The van der Waals surface area contributed by atoms with Crippen LogP contribution in [0.15, 0.2) is 29.3 Å². The fraction of sp³-hybridized carbons (Fsp3) is 0.650. The monoisotopic (exact) mass is 347 g/mol. The molecule has 1 aliphatic heterocycles. The van der Waals surface area contributed by atoms with E-state index in [1.54, 1.807) is 0 Å². The van der Waals surface area contributed by atoms with Crippen LogP contribution in [-0.2, 0) is 4.74 Å². The maximum absolute atomic E-state index is 5.85. The highest BCUT2D eigenvalue weighted by atomic mass is 16.5. The van der Waals surface area contributed by atoms with Crippen molar-refractivity contribution in [2.45, 2.75) is 33.6 Å². The van der Waals surface area contributed by atoms with E-state index in [2.05, 4.69) is 37.1 Å². The fourth-order valence-corrected chi connectivity index (χ4v) is 3.02. The smallest absolute Gasteiger partial charge is 0.193 e. The largest absolute Gasteiger partial charge is 0.493 e. The Bertz CT molecular complexity index is 533. The summed E-state index contributed by atoms with van der Waals surface area (Å²) < 4.78 is 11.4. The summed E-state index contributed by atoms with van der Waals surface area (Å²) in [6.45, 7) is 12.4. The van der Waals surface area contributed by atoms with Crippen molar-refractivity contribution in [3.8, 4) is 5.75 Å². The average Bonchev–Trinajstić information content (AvgIpc) is 3.09. The third kappa shape index (κ3) is 6.58. The third-order valence-electron chi connectivity index (χ3n) is 4.39. The van der Waals surface area contributed by atoms with E-state index in [-0.39, 0.29) is 0 Å². The topological polar surface area (TPSA) is 46.1 Å². The summed E-state index contributed by atoms with van der Waals surface area (Å²) in [6, 6.07) is 8.13. The average molecular weight is 348 g/mol. The van der Waals surface area contributed by atoms with Crippen molar-refractivity contribution < 1.29 is 9.47 Å². The second-order valence-corrected chi connectivity index (χ2v) is 6.46. The summed E-state index contributed by atoms with van der Waals surface area (Å²) >= 11 is 0. The van der Waals surface area contributed by atoms with Gasteiger partial charge in [-0.15, -0.1) is 0 Å². The van der Waals surface area contributed by atoms with E-state index in [0.29, 0.717) is 12.5 Å². The maximum Gasteiger partial charge on any atom is 0.193 e. The van der Waals surface area contributed by atoms with Gasteiger partial charge in [-0.2, -0.15) is 0 Å². The minimum absolute atomic E-state index is 0.619. The molecule has 0 spiro atoms. The molecule has 1 aromatic carbocycles. The van der Waals surface area contributed by atoms with Crippen LogP contribution in [0.25, 0.3) is 0 Å². The minimum Gasteiger partial charge on any atom is -0.493 e. The molecule has 0 amide bonds. The summed E-state index contributed by atoms with van der Waals surface area (Å²) in [5.41, 5.74) is 1.18. The molecule has 1 aromatic rings. The molecule has 5 nitrogen and oxygen atoms in total. The second kappa shape index (κ2) is 11.0. The molecule has 0 aliphatic carbocycles. The number of aliphatic imine (C=N–C) groups is 1. The van der Waals surface area contributed by atoms with Crippen LogP contribution in [0.3, 0.4) is 0 Å². The molecule has 0 radical (unpaired) electrons. The number of likely N-dealkylation sites (tertiary alicyclic amines) is 1. The highest BCUT2D eigenvalue weighted by Gasteiger charge is 2.24. The van der Waals surface area contributed by atoms with Gasteiger partial charge in [0.05, 0.1) is 13.2 Å². The van der Waals surface area contributed by atoms with E-state index in [0.717, 1.165) is 57.5 Å². The van der Waals surface area contributed by atoms with Crippen molar-refractivity contribution in [3.63, 3.8) is 0 Å². The van der Waals surface area contributed by atoms with Crippen LogP contribution in [0.4, 0.5) is 0 Å². The molecule has 1 fully saturated rings. The molecule has 140 valence electrons. The van der Waals surface area contributed by atoms with Crippen molar-refractivity contribution in [1.29, 1.82) is 0 Å². The number of ether oxygens (including phenoxy) is 2. The standard InChI is InChI=1S/C20H33N3O2/c1-4-21-20(23-13-11-18(15-23)16-24-5-2)22-12-8-14-25-19-10-7-6-9-17(19)3/h6-7,9-10,18H,4-5,8,11-16H2,1-3H3,(H,21,22). The van der Waals surface area contributed by atoms with Crippen molar-refractivity contribution in [3.05, 3.63) is 29.8 Å². The van der Waals surface area contributed by atoms with Gasteiger partial charge < -0.3 is 19.7 Å². The zero-order valence-electron chi connectivity index (χ0n) is 16.0. The Morgan fingerprint density at radius 3 is 2.92 bits per heavy atom. The first-order valence-electron chi connectivity index (χ1n) is 9.54. The Morgan fingerprint density at radius 2 is 2.16 bits per heavy atom. The first kappa shape index (κ1) is 19.6. The summed E-state index contributed by atoms with van der Waals surface area (Å²) in [5.74, 6) is 2.61. The molecular weight excluding hydrogens is 314 g/mol. The third-order valence-corrected chi connectivity index (χ3v) is 4.39. The van der Waals surface area contributed by atoms with Crippen LogP contribution in [0.1, 0.15) is 32.3 Å². The van der Waals surface area contributed by atoms with Gasteiger partial charge in [-0.05, 0) is 38.8 Å². The first-order chi connectivity index (χ1) is 12.2.